The van der Waals surface area contributed by atoms with Gasteiger partial charge in [0.2, 0.25) is 0 Å². The summed E-state index contributed by atoms with van der Waals surface area (Å²) in [5, 5.41) is 3.43. The Hall–Kier alpha value is -0.640. The van der Waals surface area contributed by atoms with Crippen LogP contribution in [0.4, 0.5) is 4.39 Å². The lowest BCUT2D eigenvalue weighted by atomic mass is 10.2. The molecule has 0 bridgehead atoms. The largest absolute Gasteiger partial charge is 0.318 e. The number of hydrogen-bond donors (Lipinski definition) is 1. The Morgan fingerprint density at radius 3 is 3.06 bits per heavy atom. The maximum absolute atomic E-state index is 13.1. The summed E-state index contributed by atoms with van der Waals surface area (Å²) in [5.74, 6) is -0.344. The molecule has 94 valence electrons. The highest BCUT2D eigenvalue weighted by atomic mass is 35.5. The molecule has 1 aromatic rings. The minimum absolute atomic E-state index is 0.215. The molecular formula is C13H18ClFN2. The van der Waals surface area contributed by atoms with Crippen molar-refractivity contribution in [2.24, 2.45) is 0 Å². The third-order valence-corrected chi connectivity index (χ3v) is 3.60. The van der Waals surface area contributed by atoms with Crippen molar-refractivity contribution in [3.63, 3.8) is 0 Å². The van der Waals surface area contributed by atoms with E-state index in [2.05, 4.69) is 10.2 Å². The second kappa shape index (κ2) is 5.80. The van der Waals surface area contributed by atoms with E-state index in [4.69, 9.17) is 11.6 Å². The molecule has 1 saturated heterocycles. The number of nitrogens with one attached hydrogen (secondary N) is 1. The van der Waals surface area contributed by atoms with Crippen molar-refractivity contribution in [3.8, 4) is 0 Å². The standard InChI is InChI=1S/C13H18ClFN2/c1-16-8-11-3-2-6-17(11)9-10-4-5-13(15)12(14)7-10/h4-5,7,11,16H,2-3,6,8-9H2,1H3. The first kappa shape index (κ1) is 12.8. The van der Waals surface area contributed by atoms with Crippen LogP contribution in [0.25, 0.3) is 0 Å². The molecular weight excluding hydrogens is 239 g/mol. The highest BCUT2D eigenvalue weighted by molar-refractivity contribution is 6.30. The average Bonchev–Trinajstić information content (AvgIpc) is 2.72. The zero-order chi connectivity index (χ0) is 12.3. The number of likely N-dealkylation sites (N-methyl/N-ethyl adjacent to an activating group) is 1. The molecule has 1 aliphatic rings. The molecule has 1 atom stereocenters. The van der Waals surface area contributed by atoms with Gasteiger partial charge >= 0.3 is 0 Å². The number of nitrogens with zero attached hydrogens (tertiary/aromatic N) is 1. The van der Waals surface area contributed by atoms with Gasteiger partial charge in [-0.25, -0.2) is 4.39 Å². The molecule has 1 heterocycles. The Balaban J connectivity index is 2.02. The van der Waals surface area contributed by atoms with E-state index in [0.717, 1.165) is 25.2 Å². The van der Waals surface area contributed by atoms with E-state index < -0.39 is 0 Å². The molecule has 0 saturated carbocycles. The van der Waals surface area contributed by atoms with Crippen molar-refractivity contribution in [2.75, 3.05) is 20.1 Å². The van der Waals surface area contributed by atoms with Gasteiger partial charge in [0, 0.05) is 19.1 Å². The van der Waals surface area contributed by atoms with Gasteiger partial charge < -0.3 is 5.32 Å². The van der Waals surface area contributed by atoms with Gasteiger partial charge in [0.25, 0.3) is 0 Å². The minimum Gasteiger partial charge on any atom is -0.318 e. The molecule has 2 rings (SSSR count). The van der Waals surface area contributed by atoms with E-state index in [1.54, 1.807) is 6.07 Å². The molecule has 0 spiro atoms. The van der Waals surface area contributed by atoms with Crippen molar-refractivity contribution < 1.29 is 4.39 Å². The monoisotopic (exact) mass is 256 g/mol. The van der Waals surface area contributed by atoms with E-state index in [1.807, 2.05) is 13.1 Å². The molecule has 0 aliphatic carbocycles. The topological polar surface area (TPSA) is 15.3 Å². The fourth-order valence-corrected chi connectivity index (χ4v) is 2.65. The van der Waals surface area contributed by atoms with Crippen LogP contribution in [0.1, 0.15) is 18.4 Å². The highest BCUT2D eigenvalue weighted by Crippen LogP contribution is 2.22. The zero-order valence-corrected chi connectivity index (χ0v) is 10.8. The van der Waals surface area contributed by atoms with Gasteiger partial charge in [-0.05, 0) is 44.1 Å². The summed E-state index contributed by atoms with van der Waals surface area (Å²) in [6.07, 6.45) is 2.47. The van der Waals surface area contributed by atoms with Crippen molar-refractivity contribution in [1.82, 2.24) is 10.2 Å². The molecule has 17 heavy (non-hydrogen) atoms. The lowest BCUT2D eigenvalue weighted by Crippen LogP contribution is -2.36. The Morgan fingerprint density at radius 1 is 1.53 bits per heavy atom. The van der Waals surface area contributed by atoms with Gasteiger partial charge in [0.1, 0.15) is 5.82 Å². The smallest absolute Gasteiger partial charge is 0.141 e. The Kier molecular flexibility index (Phi) is 4.37. The van der Waals surface area contributed by atoms with Crippen molar-refractivity contribution in [2.45, 2.75) is 25.4 Å². The molecule has 1 aliphatic heterocycles. The molecule has 0 aromatic heterocycles. The summed E-state index contributed by atoms with van der Waals surface area (Å²) in [6, 6.07) is 5.58. The van der Waals surface area contributed by atoms with Gasteiger partial charge in [0.05, 0.1) is 5.02 Å². The molecule has 0 radical (unpaired) electrons. The van der Waals surface area contributed by atoms with E-state index in [-0.39, 0.29) is 10.8 Å². The van der Waals surface area contributed by atoms with Crippen LogP contribution < -0.4 is 5.32 Å². The first-order chi connectivity index (χ1) is 8.20. The summed E-state index contributed by atoms with van der Waals surface area (Å²) >= 11 is 5.79. The molecule has 1 N–H and O–H groups in total. The molecule has 0 amide bonds. The summed E-state index contributed by atoms with van der Waals surface area (Å²) < 4.78 is 13.1. The number of benzene rings is 1. The SMILES string of the molecule is CNCC1CCCN1Cc1ccc(F)c(Cl)c1. The van der Waals surface area contributed by atoms with Gasteiger partial charge in [-0.3, -0.25) is 4.90 Å². The lowest BCUT2D eigenvalue weighted by Gasteiger charge is -2.24. The maximum atomic E-state index is 13.1. The minimum atomic E-state index is -0.344. The molecule has 2 nitrogen and oxygen atoms in total. The van der Waals surface area contributed by atoms with Crippen LogP contribution in [0.2, 0.25) is 5.02 Å². The van der Waals surface area contributed by atoms with Crippen molar-refractivity contribution in [1.29, 1.82) is 0 Å². The van der Waals surface area contributed by atoms with Crippen LogP contribution in [0, 0.1) is 5.82 Å². The second-order valence-corrected chi connectivity index (χ2v) is 4.98. The first-order valence-electron chi connectivity index (χ1n) is 6.03. The van der Waals surface area contributed by atoms with Gasteiger partial charge in [-0.1, -0.05) is 17.7 Å². The average molecular weight is 257 g/mol. The van der Waals surface area contributed by atoms with Crippen molar-refractivity contribution in [3.05, 3.63) is 34.6 Å². The number of halogens is 2. The van der Waals surface area contributed by atoms with Crippen LogP contribution >= 0.6 is 11.6 Å². The van der Waals surface area contributed by atoms with Gasteiger partial charge in [-0.15, -0.1) is 0 Å². The fourth-order valence-electron chi connectivity index (χ4n) is 2.44. The van der Waals surface area contributed by atoms with Crippen LogP contribution in [-0.4, -0.2) is 31.1 Å². The highest BCUT2D eigenvalue weighted by Gasteiger charge is 2.23. The maximum Gasteiger partial charge on any atom is 0.141 e. The summed E-state index contributed by atoms with van der Waals surface area (Å²) in [5.41, 5.74) is 1.08. The quantitative estimate of drug-likeness (QED) is 0.891. The van der Waals surface area contributed by atoms with Gasteiger partial charge in [0.15, 0.2) is 0 Å². The normalized spacial score (nSPS) is 21.0. The van der Waals surface area contributed by atoms with Crippen LogP contribution in [0.5, 0.6) is 0 Å². The third kappa shape index (κ3) is 3.18. The van der Waals surface area contributed by atoms with E-state index >= 15 is 0 Å². The first-order valence-corrected chi connectivity index (χ1v) is 6.41. The predicted octanol–water partition coefficient (Wildman–Crippen LogP) is 2.66. The Bertz CT molecular complexity index is 384. The second-order valence-electron chi connectivity index (χ2n) is 4.57. The lowest BCUT2D eigenvalue weighted by molar-refractivity contribution is 0.242. The van der Waals surface area contributed by atoms with E-state index in [9.17, 15) is 4.39 Å². The molecule has 1 unspecified atom stereocenters. The number of rotatable bonds is 4. The Morgan fingerprint density at radius 2 is 2.35 bits per heavy atom. The van der Waals surface area contributed by atoms with E-state index in [0.29, 0.717) is 6.04 Å². The van der Waals surface area contributed by atoms with Crippen LogP contribution in [0.15, 0.2) is 18.2 Å². The third-order valence-electron chi connectivity index (χ3n) is 3.31. The molecule has 1 aromatic carbocycles. The Labute approximate surface area is 107 Å². The summed E-state index contributed by atoms with van der Waals surface area (Å²) in [4.78, 5) is 2.43. The van der Waals surface area contributed by atoms with Crippen molar-refractivity contribution >= 4 is 11.6 Å². The number of likely N-dealkylation sites (tertiary alicyclic amines) is 1. The van der Waals surface area contributed by atoms with E-state index in [1.165, 1.54) is 18.9 Å². The summed E-state index contributed by atoms with van der Waals surface area (Å²) in [7, 11) is 1.98. The molecule has 4 heteroatoms. The van der Waals surface area contributed by atoms with Crippen LogP contribution in [0.3, 0.4) is 0 Å². The summed E-state index contributed by atoms with van der Waals surface area (Å²) in [6.45, 7) is 2.97. The predicted molar refractivity (Wildman–Crippen MR) is 68.8 cm³/mol. The number of hydrogen-bond acceptors (Lipinski definition) is 2. The fraction of sp³-hybridized carbons (Fsp3) is 0.538. The van der Waals surface area contributed by atoms with Crippen LogP contribution in [-0.2, 0) is 6.54 Å². The molecule has 1 fully saturated rings. The van der Waals surface area contributed by atoms with Gasteiger partial charge in [-0.2, -0.15) is 0 Å². The zero-order valence-electron chi connectivity index (χ0n) is 10.0.